The van der Waals surface area contributed by atoms with Gasteiger partial charge in [-0.25, -0.2) is 0 Å². The molecule has 0 radical (unpaired) electrons. The first kappa shape index (κ1) is 17.8. The molecule has 2 heterocycles. The van der Waals surface area contributed by atoms with Gasteiger partial charge in [0.25, 0.3) is 0 Å². The molecule has 1 atom stereocenters. The molecule has 1 fully saturated rings. The van der Waals surface area contributed by atoms with Crippen molar-refractivity contribution in [1.29, 1.82) is 0 Å². The highest BCUT2D eigenvalue weighted by Crippen LogP contribution is 2.27. The second-order valence-corrected chi connectivity index (χ2v) is 7.01. The highest BCUT2D eigenvalue weighted by atomic mass is 35.5. The summed E-state index contributed by atoms with van der Waals surface area (Å²) < 4.78 is 5.26. The Hall–Kier alpha value is -2.03. The van der Waals surface area contributed by atoms with E-state index in [4.69, 9.17) is 16.3 Å². The lowest BCUT2D eigenvalue weighted by Crippen LogP contribution is -2.28. The molecule has 1 saturated heterocycles. The number of hydrogen-bond acceptors (Lipinski definition) is 6. The van der Waals surface area contributed by atoms with Gasteiger partial charge < -0.3 is 15.0 Å². The van der Waals surface area contributed by atoms with Crippen LogP contribution in [0.2, 0.25) is 5.02 Å². The smallest absolute Gasteiger partial charge is 0.231 e. The molecular formula is C16H17ClN4O3S. The predicted molar refractivity (Wildman–Crippen MR) is 95.8 cm³/mol. The molecule has 0 saturated carbocycles. The maximum absolute atomic E-state index is 12.4. The average Bonchev–Trinajstić information content (AvgIpc) is 3.20. The Morgan fingerprint density at radius 3 is 2.88 bits per heavy atom. The van der Waals surface area contributed by atoms with Crippen LogP contribution in [0.15, 0.2) is 24.3 Å². The summed E-state index contributed by atoms with van der Waals surface area (Å²) in [5.74, 6) is -0.747. The number of rotatable bonds is 6. The molecule has 1 aliphatic rings. The fourth-order valence-corrected chi connectivity index (χ4v) is 3.32. The molecule has 2 amide bonds. The molecule has 0 spiro atoms. The second kappa shape index (κ2) is 7.90. The van der Waals surface area contributed by atoms with Crippen molar-refractivity contribution in [2.45, 2.75) is 20.0 Å². The Labute approximate surface area is 153 Å². The van der Waals surface area contributed by atoms with E-state index in [2.05, 4.69) is 15.5 Å². The van der Waals surface area contributed by atoms with Gasteiger partial charge in [-0.15, -0.1) is 10.2 Å². The molecule has 25 heavy (non-hydrogen) atoms. The normalized spacial score (nSPS) is 17.1. The van der Waals surface area contributed by atoms with Crippen molar-refractivity contribution in [3.63, 3.8) is 0 Å². The Morgan fingerprint density at radius 1 is 1.40 bits per heavy atom. The molecule has 7 nitrogen and oxygen atoms in total. The molecule has 1 N–H and O–H groups in total. The summed E-state index contributed by atoms with van der Waals surface area (Å²) in [5, 5.41) is 12.3. The topological polar surface area (TPSA) is 84.4 Å². The van der Waals surface area contributed by atoms with E-state index in [0.717, 1.165) is 5.69 Å². The molecule has 1 aliphatic heterocycles. The quantitative estimate of drug-likeness (QED) is 0.832. The van der Waals surface area contributed by atoms with E-state index in [-0.39, 0.29) is 18.2 Å². The molecule has 0 aliphatic carbocycles. The number of benzene rings is 1. The number of ether oxygens (including phenoxy) is 1. The van der Waals surface area contributed by atoms with E-state index in [9.17, 15) is 9.59 Å². The minimum atomic E-state index is -0.428. The van der Waals surface area contributed by atoms with Gasteiger partial charge in [-0.3, -0.25) is 9.59 Å². The zero-order valence-corrected chi connectivity index (χ0v) is 15.1. The van der Waals surface area contributed by atoms with Gasteiger partial charge in [-0.2, -0.15) is 0 Å². The summed E-state index contributed by atoms with van der Waals surface area (Å²) in [6.45, 7) is 3.19. The van der Waals surface area contributed by atoms with Crippen molar-refractivity contribution >= 4 is 45.6 Å². The fraction of sp³-hybridized carbons (Fsp3) is 0.375. The van der Waals surface area contributed by atoms with E-state index in [1.165, 1.54) is 11.3 Å². The minimum absolute atomic E-state index is 0.0863. The largest absolute Gasteiger partial charge is 0.374 e. The highest BCUT2D eigenvalue weighted by Gasteiger charge is 2.35. The Kier molecular flexibility index (Phi) is 5.62. The molecule has 2 aromatic rings. The summed E-state index contributed by atoms with van der Waals surface area (Å²) in [5.41, 5.74) is 0.736. The lowest BCUT2D eigenvalue weighted by molar-refractivity contribution is -0.122. The lowest BCUT2D eigenvalue weighted by Gasteiger charge is -2.16. The van der Waals surface area contributed by atoms with Crippen LogP contribution in [0.1, 0.15) is 18.4 Å². The molecule has 1 aromatic carbocycles. The van der Waals surface area contributed by atoms with Crippen LogP contribution in [0.25, 0.3) is 0 Å². The Balaban J connectivity index is 1.60. The Morgan fingerprint density at radius 2 is 2.16 bits per heavy atom. The van der Waals surface area contributed by atoms with Gasteiger partial charge in [-0.05, 0) is 31.2 Å². The van der Waals surface area contributed by atoms with Gasteiger partial charge in [0, 0.05) is 30.3 Å². The zero-order valence-electron chi connectivity index (χ0n) is 13.6. The number of halogens is 1. The number of carbonyl (C=O) groups is 2. The number of nitrogens with zero attached hydrogens (tertiary/aromatic N) is 3. The molecule has 132 valence electrons. The van der Waals surface area contributed by atoms with Gasteiger partial charge in [0.05, 0.1) is 5.92 Å². The fourth-order valence-electron chi connectivity index (χ4n) is 2.51. The van der Waals surface area contributed by atoms with Gasteiger partial charge in [-0.1, -0.05) is 22.9 Å². The van der Waals surface area contributed by atoms with Crippen molar-refractivity contribution < 1.29 is 14.3 Å². The Bertz CT molecular complexity index is 765. The van der Waals surface area contributed by atoms with Crippen LogP contribution in [0.5, 0.6) is 0 Å². The van der Waals surface area contributed by atoms with E-state index in [1.54, 1.807) is 29.2 Å². The van der Waals surface area contributed by atoms with Crippen LogP contribution in [0, 0.1) is 5.92 Å². The van der Waals surface area contributed by atoms with Crippen LogP contribution in [0.3, 0.4) is 0 Å². The van der Waals surface area contributed by atoms with Crippen molar-refractivity contribution in [3.8, 4) is 0 Å². The first-order valence-electron chi connectivity index (χ1n) is 7.83. The van der Waals surface area contributed by atoms with E-state index < -0.39 is 5.92 Å². The van der Waals surface area contributed by atoms with Crippen molar-refractivity contribution in [1.82, 2.24) is 10.2 Å². The number of hydrogen-bond donors (Lipinski definition) is 1. The summed E-state index contributed by atoms with van der Waals surface area (Å²) in [7, 11) is 0. The van der Waals surface area contributed by atoms with E-state index in [0.29, 0.717) is 34.9 Å². The van der Waals surface area contributed by atoms with Crippen molar-refractivity contribution in [3.05, 3.63) is 34.3 Å². The average molecular weight is 381 g/mol. The first-order valence-corrected chi connectivity index (χ1v) is 9.03. The SMILES string of the molecule is CCOCc1nnc(NC(=O)C2CC(=O)N(c3ccc(Cl)cc3)C2)s1. The van der Waals surface area contributed by atoms with Gasteiger partial charge >= 0.3 is 0 Å². The third-order valence-corrected chi connectivity index (χ3v) is 4.82. The molecule has 1 unspecified atom stereocenters. The van der Waals surface area contributed by atoms with Gasteiger partial charge in [0.1, 0.15) is 11.6 Å². The molecule has 9 heteroatoms. The summed E-state index contributed by atoms with van der Waals surface area (Å²) in [6.07, 6.45) is 0.166. The van der Waals surface area contributed by atoms with Crippen LogP contribution >= 0.6 is 22.9 Å². The predicted octanol–water partition coefficient (Wildman–Crippen LogP) is 2.72. The molecule has 0 bridgehead atoms. The van der Waals surface area contributed by atoms with Crippen LogP contribution in [-0.4, -0.2) is 35.2 Å². The molecular weight excluding hydrogens is 364 g/mol. The van der Waals surface area contributed by atoms with Crippen molar-refractivity contribution in [2.24, 2.45) is 5.92 Å². The van der Waals surface area contributed by atoms with Gasteiger partial charge in [0.15, 0.2) is 0 Å². The maximum Gasteiger partial charge on any atom is 0.231 e. The van der Waals surface area contributed by atoms with Gasteiger partial charge in [0.2, 0.25) is 16.9 Å². The van der Waals surface area contributed by atoms with Crippen LogP contribution in [-0.2, 0) is 20.9 Å². The standard InChI is InChI=1S/C16H17ClN4O3S/c1-2-24-9-13-19-20-16(25-13)18-15(23)10-7-14(22)21(8-10)12-5-3-11(17)4-6-12/h3-6,10H,2,7-9H2,1H3,(H,18,20,23). The van der Waals surface area contributed by atoms with E-state index in [1.807, 2.05) is 6.92 Å². The zero-order chi connectivity index (χ0) is 17.8. The molecule has 3 rings (SSSR count). The summed E-state index contributed by atoms with van der Waals surface area (Å²) in [6, 6.07) is 6.98. The number of carbonyl (C=O) groups excluding carboxylic acids is 2. The summed E-state index contributed by atoms with van der Waals surface area (Å²) in [4.78, 5) is 26.2. The number of aromatic nitrogens is 2. The third kappa shape index (κ3) is 4.33. The van der Waals surface area contributed by atoms with E-state index >= 15 is 0 Å². The molecule has 1 aromatic heterocycles. The number of nitrogens with one attached hydrogen (secondary N) is 1. The first-order chi connectivity index (χ1) is 12.1. The number of amides is 2. The van der Waals surface area contributed by atoms with Crippen molar-refractivity contribution in [2.75, 3.05) is 23.4 Å². The number of anilines is 2. The summed E-state index contributed by atoms with van der Waals surface area (Å²) >= 11 is 7.14. The monoisotopic (exact) mass is 380 g/mol. The minimum Gasteiger partial charge on any atom is -0.374 e. The van der Waals surface area contributed by atoms with Crippen LogP contribution in [0.4, 0.5) is 10.8 Å². The lowest BCUT2D eigenvalue weighted by atomic mass is 10.1. The second-order valence-electron chi connectivity index (χ2n) is 5.51. The third-order valence-electron chi connectivity index (χ3n) is 3.76. The maximum atomic E-state index is 12.4. The van der Waals surface area contributed by atoms with Crippen LogP contribution < -0.4 is 10.2 Å². The highest BCUT2D eigenvalue weighted by molar-refractivity contribution is 7.15.